The maximum Gasteiger partial charge on any atom is 0.365 e. The van der Waals surface area contributed by atoms with Gasteiger partial charge in [0.05, 0.1) is 5.56 Å². The van der Waals surface area contributed by atoms with Crippen LogP contribution in [0.25, 0.3) is 0 Å². The normalized spacial score (nSPS) is 18.9. The summed E-state index contributed by atoms with van der Waals surface area (Å²) in [6.07, 6.45) is 0. The van der Waals surface area contributed by atoms with E-state index in [-0.39, 0.29) is 34.9 Å². The van der Waals surface area contributed by atoms with Crippen LogP contribution in [0, 0.1) is 0 Å². The van der Waals surface area contributed by atoms with E-state index in [1.54, 1.807) is 48.5 Å². The van der Waals surface area contributed by atoms with E-state index in [0.717, 1.165) is 4.90 Å². The smallest absolute Gasteiger partial charge is 0.365 e. The Kier molecular flexibility index (Phi) is 7.68. The van der Waals surface area contributed by atoms with E-state index in [4.69, 9.17) is 9.57 Å². The summed E-state index contributed by atoms with van der Waals surface area (Å²) < 4.78 is 4.92. The summed E-state index contributed by atoms with van der Waals surface area (Å²) in [4.78, 5) is 67.5. The number of β-lactam (4-membered cyclic amide) rings is 1. The first-order chi connectivity index (χ1) is 17.8. The highest BCUT2D eigenvalue weighted by atomic mass is 32.2. The lowest BCUT2D eigenvalue weighted by atomic mass is 10.0. The number of carbonyl (C=O) groups is 5. The van der Waals surface area contributed by atoms with Crippen LogP contribution in [0.15, 0.2) is 77.1 Å². The van der Waals surface area contributed by atoms with Gasteiger partial charge >= 0.3 is 17.9 Å². The molecule has 190 valence electrons. The van der Waals surface area contributed by atoms with Gasteiger partial charge in [-0.1, -0.05) is 53.7 Å². The topological polar surface area (TPSA) is 152 Å². The van der Waals surface area contributed by atoms with E-state index in [0.29, 0.717) is 5.56 Å². The fourth-order valence-corrected chi connectivity index (χ4v) is 5.06. The van der Waals surface area contributed by atoms with E-state index in [9.17, 15) is 29.1 Å². The maximum absolute atomic E-state index is 13.2. The lowest BCUT2D eigenvalue weighted by Crippen LogP contribution is -2.71. The zero-order valence-corrected chi connectivity index (χ0v) is 20.3. The molecule has 2 aromatic rings. The Balaban J connectivity index is 1.53. The van der Waals surface area contributed by atoms with Gasteiger partial charge in [-0.05, 0) is 12.1 Å². The highest BCUT2D eigenvalue weighted by Crippen LogP contribution is 2.40. The lowest BCUT2D eigenvalue weighted by Gasteiger charge is -2.49. The summed E-state index contributed by atoms with van der Waals surface area (Å²) in [6.45, 7) is 0.943. The van der Waals surface area contributed by atoms with Crippen molar-refractivity contribution in [2.45, 2.75) is 18.3 Å². The number of carboxylic acids is 1. The number of nitrogens with one attached hydrogen (secondary N) is 1. The second-order valence-corrected chi connectivity index (χ2v) is 9.05. The molecule has 0 unspecified atom stereocenters. The molecule has 0 spiro atoms. The van der Waals surface area contributed by atoms with Gasteiger partial charge < -0.3 is 20.0 Å². The molecule has 2 atom stereocenters. The third-order valence-corrected chi connectivity index (χ3v) is 6.82. The number of rotatable bonds is 8. The second kappa shape index (κ2) is 11.1. The number of amides is 2. The van der Waals surface area contributed by atoms with Crippen molar-refractivity contribution in [3.63, 3.8) is 0 Å². The largest absolute Gasteiger partial charge is 0.477 e. The van der Waals surface area contributed by atoms with E-state index < -0.39 is 41.1 Å². The van der Waals surface area contributed by atoms with Crippen LogP contribution < -0.4 is 5.32 Å². The van der Waals surface area contributed by atoms with Gasteiger partial charge in [0, 0.05) is 23.8 Å². The lowest BCUT2D eigenvalue weighted by molar-refractivity contribution is -0.150. The molecule has 37 heavy (non-hydrogen) atoms. The standard InChI is InChI=1S/C25H21N3O8S/c1-14(29)35-12-17-13-37-23-19(22(31)28(23)20(17)24(32)33)26-21(30)18(15-8-4-2-5-9-15)27-36-25(34)16-10-6-3-7-11-16/h2-11,19,23H,12-13H2,1H3,(H,26,30)(H,32,33)/b27-18+/t19-,23-/m1/s1. The number of carboxylic acid groups (broad SMARTS) is 1. The number of oxime groups is 1. The average Bonchev–Trinajstić information content (AvgIpc) is 2.90. The second-order valence-electron chi connectivity index (χ2n) is 7.95. The molecule has 0 radical (unpaired) electrons. The summed E-state index contributed by atoms with van der Waals surface area (Å²) >= 11 is 1.22. The molecule has 2 aliphatic rings. The fourth-order valence-electron chi connectivity index (χ4n) is 3.73. The Hall–Kier alpha value is -4.45. The summed E-state index contributed by atoms with van der Waals surface area (Å²) in [5.74, 6) is -3.93. The van der Waals surface area contributed by atoms with Gasteiger partial charge in [0.25, 0.3) is 11.8 Å². The molecule has 2 amide bonds. The van der Waals surface area contributed by atoms with Crippen LogP contribution >= 0.6 is 11.8 Å². The number of ether oxygens (including phenoxy) is 1. The van der Waals surface area contributed by atoms with E-state index in [2.05, 4.69) is 10.5 Å². The number of benzene rings is 2. The predicted octanol–water partition coefficient (Wildman–Crippen LogP) is 1.55. The summed E-state index contributed by atoms with van der Waals surface area (Å²) in [6, 6.07) is 15.3. The third kappa shape index (κ3) is 5.54. The molecule has 11 nitrogen and oxygen atoms in total. The van der Waals surface area contributed by atoms with E-state index in [1.807, 2.05) is 0 Å². The first-order valence-electron chi connectivity index (χ1n) is 11.0. The fraction of sp³-hybridized carbons (Fsp3) is 0.200. The zero-order valence-electron chi connectivity index (χ0n) is 19.5. The van der Waals surface area contributed by atoms with Gasteiger partial charge in [0.1, 0.15) is 23.7 Å². The van der Waals surface area contributed by atoms with E-state index in [1.165, 1.54) is 30.8 Å². The zero-order chi connectivity index (χ0) is 26.5. The molecule has 0 bridgehead atoms. The summed E-state index contributed by atoms with van der Waals surface area (Å²) in [5.41, 5.74) is 0.354. The first-order valence-corrected chi connectivity index (χ1v) is 12.1. The highest BCUT2D eigenvalue weighted by Gasteiger charge is 2.54. The Morgan fingerprint density at radius 3 is 2.27 bits per heavy atom. The van der Waals surface area contributed by atoms with Crippen molar-refractivity contribution in [3.8, 4) is 0 Å². The van der Waals surface area contributed by atoms with Gasteiger partial charge in [-0.3, -0.25) is 19.3 Å². The molecular weight excluding hydrogens is 502 g/mol. The van der Waals surface area contributed by atoms with Crippen LogP contribution in [0.5, 0.6) is 0 Å². The third-order valence-electron chi connectivity index (χ3n) is 5.48. The maximum atomic E-state index is 13.2. The van der Waals surface area contributed by atoms with Crippen molar-refractivity contribution >= 4 is 47.2 Å². The number of aliphatic carboxylic acids is 1. The minimum atomic E-state index is -1.34. The molecule has 0 aromatic heterocycles. The molecule has 2 aromatic carbocycles. The predicted molar refractivity (Wildman–Crippen MR) is 131 cm³/mol. The van der Waals surface area contributed by atoms with Crippen LogP contribution in [0.3, 0.4) is 0 Å². The molecule has 2 aliphatic heterocycles. The van der Waals surface area contributed by atoms with Crippen molar-refractivity contribution < 1.29 is 38.7 Å². The van der Waals surface area contributed by atoms with Crippen LogP contribution in [0.1, 0.15) is 22.8 Å². The SMILES string of the molecule is CC(=O)OCC1=C(C(=O)O)N2C(=O)[C@@H](NC(=O)/C(=N/OC(=O)c3ccccc3)c3ccccc3)[C@H]2SC1. The molecule has 12 heteroatoms. The Morgan fingerprint density at radius 1 is 1.05 bits per heavy atom. The Morgan fingerprint density at radius 2 is 1.68 bits per heavy atom. The van der Waals surface area contributed by atoms with Crippen LogP contribution in [-0.2, 0) is 28.8 Å². The number of carbonyl (C=O) groups excluding carboxylic acids is 4. The van der Waals surface area contributed by atoms with Crippen LogP contribution in [0.2, 0.25) is 0 Å². The van der Waals surface area contributed by atoms with Gasteiger partial charge in [-0.2, -0.15) is 0 Å². The highest BCUT2D eigenvalue weighted by molar-refractivity contribution is 8.00. The molecule has 2 heterocycles. The number of fused-ring (bicyclic) bond motifs is 1. The van der Waals surface area contributed by atoms with Crippen molar-refractivity contribution in [3.05, 3.63) is 83.1 Å². The quantitative estimate of drug-likeness (QED) is 0.173. The first kappa shape index (κ1) is 25.6. The number of thioether (sulfide) groups is 1. The number of esters is 1. The number of nitrogens with zero attached hydrogens (tertiary/aromatic N) is 2. The van der Waals surface area contributed by atoms with Crippen molar-refractivity contribution in [2.75, 3.05) is 12.4 Å². The van der Waals surface area contributed by atoms with E-state index >= 15 is 0 Å². The summed E-state index contributed by atoms with van der Waals surface area (Å²) in [5, 5.41) is 15.3. The Labute approximate surface area is 215 Å². The molecule has 2 N–H and O–H groups in total. The van der Waals surface area contributed by atoms with Crippen molar-refractivity contribution in [2.24, 2.45) is 5.16 Å². The minimum absolute atomic E-state index is 0.185. The monoisotopic (exact) mass is 523 g/mol. The minimum Gasteiger partial charge on any atom is -0.477 e. The molecule has 1 fully saturated rings. The molecule has 0 saturated carbocycles. The Bertz CT molecular complexity index is 1310. The van der Waals surface area contributed by atoms with Crippen molar-refractivity contribution in [1.29, 1.82) is 0 Å². The molecule has 4 rings (SSSR count). The summed E-state index contributed by atoms with van der Waals surface area (Å²) in [7, 11) is 0. The number of hydrogen-bond acceptors (Lipinski definition) is 9. The van der Waals surface area contributed by atoms with Gasteiger partial charge in [0.15, 0.2) is 5.71 Å². The molecule has 1 saturated heterocycles. The average molecular weight is 524 g/mol. The van der Waals surface area contributed by atoms with Gasteiger partial charge in [0.2, 0.25) is 0 Å². The van der Waals surface area contributed by atoms with Gasteiger partial charge in [-0.15, -0.1) is 11.8 Å². The van der Waals surface area contributed by atoms with Gasteiger partial charge in [-0.25, -0.2) is 9.59 Å². The molecular formula is C25H21N3O8S. The van der Waals surface area contributed by atoms with Crippen LogP contribution in [-0.4, -0.2) is 69.2 Å². The number of hydrogen-bond donors (Lipinski definition) is 2. The molecule has 0 aliphatic carbocycles. The van der Waals surface area contributed by atoms with Crippen LogP contribution in [0.4, 0.5) is 0 Å². The van der Waals surface area contributed by atoms with Crippen molar-refractivity contribution in [1.82, 2.24) is 10.2 Å².